The summed E-state index contributed by atoms with van der Waals surface area (Å²) in [5.74, 6) is -2.36. The number of hydrogen-bond acceptors (Lipinski definition) is 2. The lowest BCUT2D eigenvalue weighted by Gasteiger charge is -2.26. The summed E-state index contributed by atoms with van der Waals surface area (Å²) in [6, 6.07) is 0. The van der Waals surface area contributed by atoms with Crippen molar-refractivity contribution in [1.82, 2.24) is 0 Å². The van der Waals surface area contributed by atoms with Gasteiger partial charge in [-0.1, -0.05) is 33.6 Å². The highest BCUT2D eigenvalue weighted by molar-refractivity contribution is 5.98. The summed E-state index contributed by atoms with van der Waals surface area (Å²) >= 11 is 0. The Morgan fingerprint density at radius 3 is 1.93 bits per heavy atom. The maximum absolute atomic E-state index is 11.1. The lowest BCUT2D eigenvalue weighted by Crippen LogP contribution is -2.40. The van der Waals surface area contributed by atoms with Crippen molar-refractivity contribution in [2.24, 2.45) is 11.3 Å². The molecule has 0 saturated carbocycles. The van der Waals surface area contributed by atoms with Gasteiger partial charge in [0.25, 0.3) is 0 Å². The minimum Gasteiger partial charge on any atom is -0.480 e. The van der Waals surface area contributed by atoms with E-state index in [1.54, 1.807) is 0 Å². The predicted molar refractivity (Wildman–Crippen MR) is 56.7 cm³/mol. The lowest BCUT2D eigenvalue weighted by atomic mass is 9.76. The van der Waals surface area contributed by atoms with Crippen LogP contribution in [0.2, 0.25) is 0 Å². The second-order valence-corrected chi connectivity index (χ2v) is 4.39. The average molecular weight is 216 g/mol. The van der Waals surface area contributed by atoms with Crippen molar-refractivity contribution in [1.29, 1.82) is 0 Å². The van der Waals surface area contributed by atoms with E-state index in [9.17, 15) is 9.59 Å². The van der Waals surface area contributed by atoms with Gasteiger partial charge in [-0.15, -0.1) is 0 Å². The molecule has 0 atom stereocenters. The number of hydrogen-bond donors (Lipinski definition) is 2. The summed E-state index contributed by atoms with van der Waals surface area (Å²) in [5, 5.41) is 18.2. The van der Waals surface area contributed by atoms with Crippen LogP contribution in [0, 0.1) is 11.3 Å². The largest absolute Gasteiger partial charge is 0.480 e. The smallest absolute Gasteiger partial charge is 0.321 e. The van der Waals surface area contributed by atoms with Gasteiger partial charge in [0.15, 0.2) is 5.41 Å². The quantitative estimate of drug-likeness (QED) is 0.641. The van der Waals surface area contributed by atoms with E-state index in [1.165, 1.54) is 0 Å². The van der Waals surface area contributed by atoms with Gasteiger partial charge in [-0.05, 0) is 18.8 Å². The zero-order chi connectivity index (χ0) is 12.1. The average Bonchev–Trinajstić information content (AvgIpc) is 2.10. The fourth-order valence-corrected chi connectivity index (χ4v) is 1.76. The molecule has 0 aliphatic carbocycles. The highest BCUT2D eigenvalue weighted by atomic mass is 16.4. The van der Waals surface area contributed by atoms with Gasteiger partial charge >= 0.3 is 11.9 Å². The van der Waals surface area contributed by atoms with Crippen LogP contribution in [0.4, 0.5) is 0 Å². The zero-order valence-corrected chi connectivity index (χ0v) is 9.62. The highest BCUT2D eigenvalue weighted by Gasteiger charge is 2.45. The topological polar surface area (TPSA) is 74.6 Å². The third kappa shape index (κ3) is 3.53. The van der Waals surface area contributed by atoms with E-state index in [2.05, 4.69) is 0 Å². The van der Waals surface area contributed by atoms with Crippen molar-refractivity contribution in [3.05, 3.63) is 0 Å². The van der Waals surface area contributed by atoms with E-state index in [1.807, 2.05) is 20.8 Å². The number of carboxylic acid groups (broad SMARTS) is 2. The molecule has 0 spiro atoms. The van der Waals surface area contributed by atoms with E-state index in [0.29, 0.717) is 6.42 Å². The molecule has 0 rings (SSSR count). The van der Waals surface area contributed by atoms with Gasteiger partial charge in [0.05, 0.1) is 0 Å². The summed E-state index contributed by atoms with van der Waals surface area (Å²) in [7, 11) is 0. The summed E-state index contributed by atoms with van der Waals surface area (Å²) < 4.78 is 0. The van der Waals surface area contributed by atoms with Crippen LogP contribution in [0.15, 0.2) is 0 Å². The van der Waals surface area contributed by atoms with E-state index >= 15 is 0 Å². The SMILES string of the molecule is CCCCC(CC(C)C)(C(=O)O)C(=O)O. The van der Waals surface area contributed by atoms with Crippen LogP contribution in [-0.4, -0.2) is 22.2 Å². The first-order valence-electron chi connectivity index (χ1n) is 5.33. The molecule has 0 radical (unpaired) electrons. The number of unbranched alkanes of at least 4 members (excludes halogenated alkanes) is 1. The molecule has 15 heavy (non-hydrogen) atoms. The van der Waals surface area contributed by atoms with Gasteiger partial charge in [-0.3, -0.25) is 9.59 Å². The minimum absolute atomic E-state index is 0.0639. The Labute approximate surface area is 90.3 Å². The van der Waals surface area contributed by atoms with Gasteiger partial charge in [0.2, 0.25) is 0 Å². The predicted octanol–water partition coefficient (Wildman–Crippen LogP) is 2.38. The second-order valence-electron chi connectivity index (χ2n) is 4.39. The van der Waals surface area contributed by atoms with Crippen LogP contribution in [0.25, 0.3) is 0 Å². The molecule has 0 bridgehead atoms. The Bertz CT molecular complexity index is 219. The second kappa shape index (κ2) is 5.73. The number of rotatable bonds is 7. The third-order valence-corrected chi connectivity index (χ3v) is 2.53. The molecular weight excluding hydrogens is 196 g/mol. The molecule has 88 valence electrons. The van der Waals surface area contributed by atoms with Gasteiger partial charge in [-0.25, -0.2) is 0 Å². The van der Waals surface area contributed by atoms with Crippen LogP contribution in [0.5, 0.6) is 0 Å². The fraction of sp³-hybridized carbons (Fsp3) is 0.818. The molecule has 4 heteroatoms. The van der Waals surface area contributed by atoms with Crippen molar-refractivity contribution in [2.45, 2.75) is 46.5 Å². The number of carbonyl (C=O) groups is 2. The lowest BCUT2D eigenvalue weighted by molar-refractivity contribution is -0.166. The molecule has 0 aliphatic heterocycles. The first kappa shape index (κ1) is 13.9. The zero-order valence-electron chi connectivity index (χ0n) is 9.62. The molecule has 0 aliphatic rings. The molecular formula is C11H20O4. The summed E-state index contributed by atoms with van der Waals surface area (Å²) in [5.41, 5.74) is -1.59. The van der Waals surface area contributed by atoms with E-state index < -0.39 is 17.4 Å². The van der Waals surface area contributed by atoms with E-state index in [-0.39, 0.29) is 18.8 Å². The van der Waals surface area contributed by atoms with Crippen molar-refractivity contribution in [3.63, 3.8) is 0 Å². The van der Waals surface area contributed by atoms with Crippen LogP contribution >= 0.6 is 0 Å². The molecule has 0 amide bonds. The molecule has 0 heterocycles. The molecule has 0 saturated heterocycles. The molecule has 0 aromatic heterocycles. The highest BCUT2D eigenvalue weighted by Crippen LogP contribution is 2.33. The molecule has 4 nitrogen and oxygen atoms in total. The molecule has 0 fully saturated rings. The van der Waals surface area contributed by atoms with E-state index in [4.69, 9.17) is 10.2 Å². The first-order valence-corrected chi connectivity index (χ1v) is 5.33. The van der Waals surface area contributed by atoms with E-state index in [0.717, 1.165) is 6.42 Å². The van der Waals surface area contributed by atoms with Gasteiger partial charge in [0, 0.05) is 0 Å². The normalized spacial score (nSPS) is 11.7. The van der Waals surface area contributed by atoms with Crippen LogP contribution < -0.4 is 0 Å². The third-order valence-electron chi connectivity index (χ3n) is 2.53. The maximum atomic E-state index is 11.1. The Morgan fingerprint density at radius 1 is 1.20 bits per heavy atom. The molecule has 0 unspecified atom stereocenters. The van der Waals surface area contributed by atoms with Gasteiger partial charge in [-0.2, -0.15) is 0 Å². The van der Waals surface area contributed by atoms with Crippen molar-refractivity contribution in [3.8, 4) is 0 Å². The maximum Gasteiger partial charge on any atom is 0.321 e. The molecule has 0 aromatic carbocycles. The van der Waals surface area contributed by atoms with Crippen LogP contribution in [0.1, 0.15) is 46.5 Å². The summed E-state index contributed by atoms with van der Waals surface area (Å²) in [6.07, 6.45) is 1.84. The Balaban J connectivity index is 4.90. The fourth-order valence-electron chi connectivity index (χ4n) is 1.76. The summed E-state index contributed by atoms with van der Waals surface area (Å²) in [6.45, 7) is 5.60. The Morgan fingerprint density at radius 2 is 1.67 bits per heavy atom. The van der Waals surface area contributed by atoms with Crippen molar-refractivity contribution in [2.75, 3.05) is 0 Å². The monoisotopic (exact) mass is 216 g/mol. The van der Waals surface area contributed by atoms with Crippen molar-refractivity contribution < 1.29 is 19.8 Å². The van der Waals surface area contributed by atoms with Crippen LogP contribution in [-0.2, 0) is 9.59 Å². The Kier molecular flexibility index (Phi) is 5.33. The van der Waals surface area contributed by atoms with Crippen LogP contribution in [0.3, 0.4) is 0 Å². The minimum atomic E-state index is -1.59. The Hall–Kier alpha value is -1.06. The first-order chi connectivity index (χ1) is 6.86. The molecule has 2 N–H and O–H groups in total. The molecule has 0 aromatic rings. The number of aliphatic carboxylic acids is 2. The van der Waals surface area contributed by atoms with Gasteiger partial charge in [0.1, 0.15) is 0 Å². The summed E-state index contributed by atoms with van der Waals surface area (Å²) in [4.78, 5) is 22.2. The van der Waals surface area contributed by atoms with Crippen molar-refractivity contribution >= 4 is 11.9 Å². The standard InChI is InChI=1S/C11H20O4/c1-4-5-6-11(9(12)13,10(14)15)7-8(2)3/h8H,4-7H2,1-3H3,(H,12,13)(H,14,15). The van der Waals surface area contributed by atoms with Gasteiger partial charge < -0.3 is 10.2 Å². The number of carboxylic acids is 2.